The number of hydrogen-bond donors (Lipinski definition) is 3. The lowest BCUT2D eigenvalue weighted by Crippen LogP contribution is -2.52. The maximum Gasteiger partial charge on any atom is 0.271 e. The van der Waals surface area contributed by atoms with Crippen LogP contribution in [0.1, 0.15) is 55.4 Å². The molecule has 6 rings (SSSR count). The SMILES string of the molecule is CN1CCN(C2CCN(c3ccc(Nc4nc(NC5CCOCC5)c(N5CCCCC5)nc4C(N)=O)cc3)CC2)CC1. The quantitative estimate of drug-likeness (QED) is 0.432. The van der Waals surface area contributed by atoms with Gasteiger partial charge in [0.1, 0.15) is 0 Å². The van der Waals surface area contributed by atoms with E-state index in [1.807, 2.05) is 0 Å². The first-order valence-corrected chi connectivity index (χ1v) is 15.9. The molecular formula is C31H47N9O2. The predicted molar refractivity (Wildman–Crippen MR) is 168 cm³/mol. The van der Waals surface area contributed by atoms with Gasteiger partial charge in [0.15, 0.2) is 23.1 Å². The summed E-state index contributed by atoms with van der Waals surface area (Å²) >= 11 is 0. The maximum absolute atomic E-state index is 12.6. The molecule has 11 heteroatoms. The Morgan fingerprint density at radius 3 is 2.19 bits per heavy atom. The lowest BCUT2D eigenvalue weighted by Gasteiger charge is -2.42. The molecule has 4 fully saturated rings. The predicted octanol–water partition coefficient (Wildman–Crippen LogP) is 3.12. The minimum atomic E-state index is -0.583. The Morgan fingerprint density at radius 2 is 1.52 bits per heavy atom. The molecule has 0 unspecified atom stereocenters. The summed E-state index contributed by atoms with van der Waals surface area (Å²) in [6.07, 6.45) is 7.64. The molecule has 4 aliphatic rings. The van der Waals surface area contributed by atoms with Crippen molar-refractivity contribution in [2.24, 2.45) is 5.73 Å². The van der Waals surface area contributed by atoms with E-state index in [4.69, 9.17) is 20.4 Å². The molecule has 1 amide bonds. The first kappa shape index (κ1) is 28.9. The number of hydrogen-bond acceptors (Lipinski definition) is 10. The van der Waals surface area contributed by atoms with Gasteiger partial charge in [0.25, 0.3) is 5.91 Å². The Bertz CT molecular complexity index is 1180. The van der Waals surface area contributed by atoms with Gasteiger partial charge in [-0.05, 0) is 76.3 Å². The van der Waals surface area contributed by atoms with Crippen LogP contribution in [0.25, 0.3) is 0 Å². The molecule has 4 N–H and O–H groups in total. The number of aromatic nitrogens is 2. The number of piperazine rings is 1. The van der Waals surface area contributed by atoms with Gasteiger partial charge in [0.2, 0.25) is 0 Å². The van der Waals surface area contributed by atoms with Crippen molar-refractivity contribution in [1.29, 1.82) is 0 Å². The van der Waals surface area contributed by atoms with Crippen molar-refractivity contribution in [3.63, 3.8) is 0 Å². The van der Waals surface area contributed by atoms with Crippen LogP contribution in [-0.4, -0.2) is 110 Å². The number of carbonyl (C=O) groups is 1. The van der Waals surface area contributed by atoms with Crippen LogP contribution >= 0.6 is 0 Å². The van der Waals surface area contributed by atoms with E-state index in [1.54, 1.807) is 0 Å². The first-order chi connectivity index (χ1) is 20.5. The highest BCUT2D eigenvalue weighted by atomic mass is 16.5. The van der Waals surface area contributed by atoms with Crippen molar-refractivity contribution in [2.45, 2.75) is 57.0 Å². The molecule has 4 aliphatic heterocycles. The molecule has 0 atom stereocenters. The number of ether oxygens (including phenoxy) is 1. The molecule has 228 valence electrons. The summed E-state index contributed by atoms with van der Waals surface area (Å²) in [6, 6.07) is 9.36. The summed E-state index contributed by atoms with van der Waals surface area (Å²) in [5.74, 6) is 1.23. The fraction of sp³-hybridized carbons (Fsp3) is 0.645. The fourth-order valence-corrected chi connectivity index (χ4v) is 6.71. The standard InChI is InChI=1S/C31H47N9O2/c1-37-17-19-39(20-18-37)26-9-15-38(16-10-26)25-7-5-23(6-8-25)33-29-27(28(32)41)35-31(40-13-3-2-4-14-40)30(36-29)34-24-11-21-42-22-12-24/h5-8,24,26H,2-4,9-22H2,1H3,(H2,32,41)(H2,33,34,36). The van der Waals surface area contributed by atoms with Gasteiger partial charge in [-0.25, -0.2) is 9.97 Å². The van der Waals surface area contributed by atoms with E-state index in [0.29, 0.717) is 17.7 Å². The van der Waals surface area contributed by atoms with E-state index < -0.39 is 5.91 Å². The maximum atomic E-state index is 12.6. The van der Waals surface area contributed by atoms with Crippen LogP contribution in [0.3, 0.4) is 0 Å². The van der Waals surface area contributed by atoms with Crippen LogP contribution in [0, 0.1) is 0 Å². The summed E-state index contributed by atoms with van der Waals surface area (Å²) < 4.78 is 5.56. The third kappa shape index (κ3) is 6.90. The van der Waals surface area contributed by atoms with E-state index in [2.05, 4.69) is 61.5 Å². The largest absolute Gasteiger partial charge is 0.381 e. The normalized spacial score (nSPS) is 21.8. The molecule has 0 radical (unpaired) electrons. The molecule has 2 aromatic rings. The molecule has 11 nitrogen and oxygen atoms in total. The zero-order valence-electron chi connectivity index (χ0n) is 25.1. The van der Waals surface area contributed by atoms with Gasteiger partial charge < -0.3 is 35.8 Å². The van der Waals surface area contributed by atoms with Crippen LogP contribution in [0.5, 0.6) is 0 Å². The molecule has 42 heavy (non-hydrogen) atoms. The van der Waals surface area contributed by atoms with Crippen molar-refractivity contribution < 1.29 is 9.53 Å². The zero-order valence-corrected chi connectivity index (χ0v) is 25.1. The molecule has 4 saturated heterocycles. The van der Waals surface area contributed by atoms with Crippen LogP contribution in [0.4, 0.5) is 28.8 Å². The number of nitrogens with one attached hydrogen (secondary N) is 2. The average molecular weight is 578 g/mol. The van der Waals surface area contributed by atoms with Gasteiger partial charge in [-0.2, -0.15) is 0 Å². The zero-order chi connectivity index (χ0) is 28.9. The highest BCUT2D eigenvalue weighted by molar-refractivity contribution is 5.97. The molecular weight excluding hydrogens is 530 g/mol. The molecule has 1 aromatic heterocycles. The lowest BCUT2D eigenvalue weighted by atomic mass is 10.0. The van der Waals surface area contributed by atoms with Gasteiger partial charge in [-0.1, -0.05) is 0 Å². The van der Waals surface area contributed by atoms with Crippen LogP contribution in [-0.2, 0) is 4.74 Å². The highest BCUT2D eigenvalue weighted by Crippen LogP contribution is 2.32. The molecule has 0 aliphatic carbocycles. The van der Waals surface area contributed by atoms with Gasteiger partial charge in [-0.3, -0.25) is 9.69 Å². The van der Waals surface area contributed by atoms with Crippen molar-refractivity contribution in [1.82, 2.24) is 19.8 Å². The van der Waals surface area contributed by atoms with Crippen molar-refractivity contribution in [3.8, 4) is 0 Å². The fourth-order valence-electron chi connectivity index (χ4n) is 6.71. The van der Waals surface area contributed by atoms with Crippen LogP contribution < -0.4 is 26.2 Å². The lowest BCUT2D eigenvalue weighted by molar-refractivity contribution is 0.0904. The van der Waals surface area contributed by atoms with E-state index in [-0.39, 0.29) is 11.7 Å². The van der Waals surface area contributed by atoms with Crippen molar-refractivity contribution >= 4 is 34.7 Å². The van der Waals surface area contributed by atoms with Crippen LogP contribution in [0.15, 0.2) is 24.3 Å². The number of benzene rings is 1. The summed E-state index contributed by atoms with van der Waals surface area (Å²) in [7, 11) is 2.22. The summed E-state index contributed by atoms with van der Waals surface area (Å²) in [6.45, 7) is 10.1. The number of likely N-dealkylation sites (N-methyl/N-ethyl adjacent to an activating group) is 1. The number of nitrogens with zero attached hydrogens (tertiary/aromatic N) is 6. The van der Waals surface area contributed by atoms with E-state index >= 15 is 0 Å². The third-order valence-corrected chi connectivity index (χ3v) is 9.34. The molecule has 5 heterocycles. The van der Waals surface area contributed by atoms with Gasteiger partial charge >= 0.3 is 0 Å². The van der Waals surface area contributed by atoms with E-state index in [1.165, 1.54) is 51.1 Å². The summed E-state index contributed by atoms with van der Waals surface area (Å²) in [4.78, 5) is 32.2. The van der Waals surface area contributed by atoms with E-state index in [9.17, 15) is 4.79 Å². The Balaban J connectivity index is 1.16. The van der Waals surface area contributed by atoms with Crippen molar-refractivity contribution in [2.75, 3.05) is 93.1 Å². The Kier molecular flexibility index (Phi) is 9.26. The van der Waals surface area contributed by atoms with Crippen molar-refractivity contribution in [3.05, 3.63) is 30.0 Å². The number of rotatable bonds is 8. The van der Waals surface area contributed by atoms with E-state index in [0.717, 1.165) is 76.6 Å². The second-order valence-corrected chi connectivity index (χ2v) is 12.3. The minimum Gasteiger partial charge on any atom is -0.381 e. The Morgan fingerprint density at radius 1 is 0.833 bits per heavy atom. The second kappa shape index (κ2) is 13.4. The Hall–Kier alpha value is -3.15. The smallest absolute Gasteiger partial charge is 0.271 e. The number of piperidine rings is 2. The van der Waals surface area contributed by atoms with Gasteiger partial charge in [-0.15, -0.1) is 0 Å². The second-order valence-electron chi connectivity index (χ2n) is 12.3. The topological polar surface area (TPSA) is 115 Å². The molecule has 0 saturated carbocycles. The average Bonchev–Trinajstić information content (AvgIpc) is 3.03. The minimum absolute atomic E-state index is 0.170. The molecule has 1 aromatic carbocycles. The number of anilines is 5. The molecule has 0 bridgehead atoms. The third-order valence-electron chi connectivity index (χ3n) is 9.34. The highest BCUT2D eigenvalue weighted by Gasteiger charge is 2.28. The molecule has 0 spiro atoms. The Labute approximate surface area is 249 Å². The number of nitrogens with two attached hydrogens (primary N) is 1. The summed E-state index contributed by atoms with van der Waals surface area (Å²) in [5.41, 5.74) is 8.09. The van der Waals surface area contributed by atoms with Gasteiger partial charge in [0, 0.05) is 89.0 Å². The number of carbonyl (C=O) groups excluding carboxylic acids is 1. The first-order valence-electron chi connectivity index (χ1n) is 15.9. The van der Waals surface area contributed by atoms with Crippen LogP contribution in [0.2, 0.25) is 0 Å². The van der Waals surface area contributed by atoms with Gasteiger partial charge in [0.05, 0.1) is 0 Å². The number of primary amides is 1. The number of amides is 1. The summed E-state index contributed by atoms with van der Waals surface area (Å²) in [5, 5.41) is 6.98. The monoisotopic (exact) mass is 577 g/mol.